The highest BCUT2D eigenvalue weighted by Crippen LogP contribution is 2.29. The lowest BCUT2D eigenvalue weighted by Crippen LogP contribution is -2.14. The number of hydrogen-bond acceptors (Lipinski definition) is 4. The van der Waals surface area contributed by atoms with Gasteiger partial charge in [0.05, 0.1) is 16.7 Å². The highest BCUT2D eigenvalue weighted by molar-refractivity contribution is 6.32. The summed E-state index contributed by atoms with van der Waals surface area (Å²) < 4.78 is 1.71. The van der Waals surface area contributed by atoms with Crippen LogP contribution in [0.1, 0.15) is 28.0 Å². The summed E-state index contributed by atoms with van der Waals surface area (Å²) in [6.07, 6.45) is 4.55. The van der Waals surface area contributed by atoms with Crippen molar-refractivity contribution in [3.8, 4) is 0 Å². The summed E-state index contributed by atoms with van der Waals surface area (Å²) in [7, 11) is 1.81. The molecule has 1 aromatic carbocycles. The molecule has 0 amide bonds. The van der Waals surface area contributed by atoms with Crippen molar-refractivity contribution in [3.63, 3.8) is 0 Å². The number of rotatable bonds is 2. The average Bonchev–Trinajstić information content (AvgIpc) is 2.86. The van der Waals surface area contributed by atoms with E-state index in [4.69, 9.17) is 11.6 Å². The molecule has 0 fully saturated rings. The Hall–Kier alpha value is -2.47. The first-order valence-corrected chi connectivity index (χ1v) is 7.05. The Balaban J connectivity index is 1.98. The van der Waals surface area contributed by atoms with Crippen molar-refractivity contribution in [2.75, 3.05) is 0 Å². The molecule has 2 aromatic rings. The van der Waals surface area contributed by atoms with Gasteiger partial charge in [0.15, 0.2) is 5.78 Å². The Kier molecular flexibility index (Phi) is 3.54. The number of aryl methyl sites for hydroxylation is 1. The van der Waals surface area contributed by atoms with Crippen LogP contribution in [0.5, 0.6) is 0 Å². The van der Waals surface area contributed by atoms with Crippen LogP contribution in [0.3, 0.4) is 0 Å². The summed E-state index contributed by atoms with van der Waals surface area (Å²) in [6, 6.07) is 4.50. The molecule has 0 atom stereocenters. The zero-order valence-electron chi connectivity index (χ0n) is 11.7. The second-order valence-corrected chi connectivity index (χ2v) is 5.50. The molecule has 0 radical (unpaired) electrons. The number of fused-ring (bicyclic) bond motifs is 1. The van der Waals surface area contributed by atoms with Crippen molar-refractivity contribution in [1.29, 1.82) is 0 Å². The Morgan fingerprint density at radius 3 is 2.91 bits per heavy atom. The summed E-state index contributed by atoms with van der Waals surface area (Å²) in [5.74, 6) is -0.0769. The molecule has 1 aliphatic carbocycles. The molecule has 1 aliphatic rings. The van der Waals surface area contributed by atoms with E-state index < -0.39 is 4.92 Å². The predicted molar refractivity (Wildman–Crippen MR) is 81.9 cm³/mol. The molecule has 0 saturated heterocycles. The zero-order valence-corrected chi connectivity index (χ0v) is 12.5. The van der Waals surface area contributed by atoms with Gasteiger partial charge in [-0.2, -0.15) is 5.10 Å². The maximum Gasteiger partial charge on any atom is 0.288 e. The smallest absolute Gasteiger partial charge is 0.288 e. The van der Waals surface area contributed by atoms with Crippen LogP contribution in [0, 0.1) is 10.1 Å². The first-order valence-electron chi connectivity index (χ1n) is 6.67. The number of hydrogen-bond donors (Lipinski definition) is 0. The van der Waals surface area contributed by atoms with Crippen molar-refractivity contribution < 1.29 is 9.72 Å². The maximum atomic E-state index is 12.4. The van der Waals surface area contributed by atoms with Crippen molar-refractivity contribution in [3.05, 3.63) is 61.9 Å². The molecule has 0 bridgehead atoms. The van der Waals surface area contributed by atoms with Crippen molar-refractivity contribution in [1.82, 2.24) is 9.78 Å². The summed E-state index contributed by atoms with van der Waals surface area (Å²) in [5.41, 5.74) is 2.57. The van der Waals surface area contributed by atoms with Gasteiger partial charge >= 0.3 is 0 Å². The van der Waals surface area contributed by atoms with Gasteiger partial charge in [0, 0.05) is 24.4 Å². The maximum absolute atomic E-state index is 12.4. The molecule has 112 valence electrons. The summed E-state index contributed by atoms with van der Waals surface area (Å²) in [5, 5.41) is 15.1. The van der Waals surface area contributed by atoms with E-state index in [2.05, 4.69) is 5.10 Å². The number of ketones is 1. The summed E-state index contributed by atoms with van der Waals surface area (Å²) in [6.45, 7) is 0. The quantitative estimate of drug-likeness (QED) is 0.484. The average molecular weight is 318 g/mol. The van der Waals surface area contributed by atoms with Crippen LogP contribution in [0.25, 0.3) is 6.08 Å². The Labute approximate surface area is 131 Å². The summed E-state index contributed by atoms with van der Waals surface area (Å²) >= 11 is 5.79. The van der Waals surface area contributed by atoms with Gasteiger partial charge in [0.2, 0.25) is 0 Å². The molecule has 1 heterocycles. The third kappa shape index (κ3) is 2.42. The lowest BCUT2D eigenvalue weighted by Gasteiger charge is -2.14. The SMILES string of the molecule is Cn1ncc2c1CC/C(=C\c1ccc(Cl)c([N+](=O)[O-])c1)C2=O. The van der Waals surface area contributed by atoms with Gasteiger partial charge in [0.1, 0.15) is 5.02 Å². The van der Waals surface area contributed by atoms with E-state index in [-0.39, 0.29) is 16.5 Å². The molecule has 1 aromatic heterocycles. The predicted octanol–water partition coefficient (Wildman–Crippen LogP) is 3.19. The van der Waals surface area contributed by atoms with Crippen LogP contribution in [0.4, 0.5) is 5.69 Å². The monoisotopic (exact) mass is 317 g/mol. The van der Waals surface area contributed by atoms with Crippen LogP contribution in [-0.2, 0) is 13.5 Å². The second kappa shape index (κ2) is 5.38. The van der Waals surface area contributed by atoms with E-state index in [9.17, 15) is 14.9 Å². The third-order valence-electron chi connectivity index (χ3n) is 3.74. The minimum Gasteiger partial charge on any atom is -0.289 e. The number of halogens is 1. The molecule has 7 heteroatoms. The van der Waals surface area contributed by atoms with Crippen molar-refractivity contribution in [2.24, 2.45) is 7.05 Å². The van der Waals surface area contributed by atoms with Crippen LogP contribution < -0.4 is 0 Å². The minimum absolute atomic E-state index is 0.0769. The number of nitro benzene ring substituents is 1. The topological polar surface area (TPSA) is 78.0 Å². The first-order chi connectivity index (χ1) is 10.5. The number of nitro groups is 1. The lowest BCUT2D eigenvalue weighted by molar-refractivity contribution is -0.384. The Morgan fingerprint density at radius 2 is 2.18 bits per heavy atom. The molecule has 3 rings (SSSR count). The van der Waals surface area contributed by atoms with Crippen molar-refractivity contribution >= 4 is 29.1 Å². The highest BCUT2D eigenvalue weighted by atomic mass is 35.5. The molecule has 0 spiro atoms. The molecule has 22 heavy (non-hydrogen) atoms. The van der Waals surface area contributed by atoms with Crippen LogP contribution >= 0.6 is 11.6 Å². The van der Waals surface area contributed by atoms with Crippen LogP contribution in [-0.4, -0.2) is 20.5 Å². The van der Waals surface area contributed by atoms with E-state index in [1.54, 1.807) is 23.0 Å². The van der Waals surface area contributed by atoms with E-state index >= 15 is 0 Å². The number of allylic oxidation sites excluding steroid dienone is 1. The van der Waals surface area contributed by atoms with Crippen LogP contribution in [0.2, 0.25) is 5.02 Å². The van der Waals surface area contributed by atoms with Gasteiger partial charge in [-0.1, -0.05) is 17.7 Å². The fourth-order valence-corrected chi connectivity index (χ4v) is 2.77. The van der Waals surface area contributed by atoms with E-state index in [1.807, 2.05) is 7.05 Å². The number of nitrogens with zero attached hydrogens (tertiary/aromatic N) is 3. The molecule has 0 saturated carbocycles. The van der Waals surface area contributed by atoms with Gasteiger partial charge < -0.3 is 0 Å². The molecule has 0 N–H and O–H groups in total. The number of Topliss-reactive ketones (excluding diaryl/α,β-unsaturated/α-hetero) is 1. The fourth-order valence-electron chi connectivity index (χ4n) is 2.59. The molecule has 6 nitrogen and oxygen atoms in total. The third-order valence-corrected chi connectivity index (χ3v) is 4.06. The fraction of sp³-hybridized carbons (Fsp3) is 0.200. The highest BCUT2D eigenvalue weighted by Gasteiger charge is 2.25. The minimum atomic E-state index is -0.535. The second-order valence-electron chi connectivity index (χ2n) is 5.10. The Bertz CT molecular complexity index is 823. The number of benzene rings is 1. The molecular weight excluding hydrogens is 306 g/mol. The van der Waals surface area contributed by atoms with Gasteiger partial charge in [0.25, 0.3) is 5.69 Å². The largest absolute Gasteiger partial charge is 0.289 e. The molecule has 0 unspecified atom stereocenters. The van der Waals surface area contributed by atoms with E-state index in [0.717, 1.165) is 12.1 Å². The number of carbonyl (C=O) groups excluding carboxylic acids is 1. The summed E-state index contributed by atoms with van der Waals surface area (Å²) in [4.78, 5) is 22.8. The molecular formula is C15H12ClN3O3. The number of carbonyl (C=O) groups is 1. The number of aromatic nitrogens is 2. The van der Waals surface area contributed by atoms with Crippen LogP contribution in [0.15, 0.2) is 30.0 Å². The molecule has 0 aliphatic heterocycles. The van der Waals surface area contributed by atoms with E-state index in [0.29, 0.717) is 23.1 Å². The zero-order chi connectivity index (χ0) is 15.9. The van der Waals surface area contributed by atoms with E-state index in [1.165, 1.54) is 12.1 Å². The van der Waals surface area contributed by atoms with Gasteiger partial charge in [-0.05, 0) is 30.5 Å². The van der Waals surface area contributed by atoms with Crippen molar-refractivity contribution in [2.45, 2.75) is 12.8 Å². The first kappa shape index (κ1) is 14.5. The van der Waals surface area contributed by atoms with Gasteiger partial charge in [-0.15, -0.1) is 0 Å². The Morgan fingerprint density at radius 1 is 1.41 bits per heavy atom. The van der Waals surface area contributed by atoms with Gasteiger partial charge in [-0.25, -0.2) is 0 Å². The standard InChI is InChI=1S/C15H12ClN3O3/c1-18-13-5-3-10(15(20)11(13)8-17-18)6-9-2-4-12(16)14(7-9)19(21)22/h2,4,6-8H,3,5H2,1H3/b10-6+. The lowest BCUT2D eigenvalue weighted by atomic mass is 9.90. The van der Waals surface area contributed by atoms with Gasteiger partial charge in [-0.3, -0.25) is 19.6 Å². The normalized spacial score (nSPS) is 15.9.